The number of halogens is 2. The zero-order chi connectivity index (χ0) is 14.8. The molecule has 0 aromatic heterocycles. The largest absolute Gasteiger partial charge is 0.382 e. The van der Waals surface area contributed by atoms with E-state index in [1.165, 1.54) is 12.1 Å². The summed E-state index contributed by atoms with van der Waals surface area (Å²) in [5.74, 6) is -0.657. The Bertz CT molecular complexity index is 512. The summed E-state index contributed by atoms with van der Waals surface area (Å²) in [6.45, 7) is 1.59. The van der Waals surface area contributed by atoms with Crippen LogP contribution in [0.3, 0.4) is 0 Å². The van der Waals surface area contributed by atoms with Crippen LogP contribution in [0.5, 0.6) is 0 Å². The highest BCUT2D eigenvalue weighted by Gasteiger charge is 2.46. The van der Waals surface area contributed by atoms with Gasteiger partial charge in [-0.3, -0.25) is 9.69 Å². The van der Waals surface area contributed by atoms with Crippen LogP contribution in [0.25, 0.3) is 0 Å². The van der Waals surface area contributed by atoms with E-state index in [4.69, 9.17) is 10.5 Å². The zero-order valence-corrected chi connectivity index (χ0v) is 13.0. The third-order valence-electron chi connectivity index (χ3n) is 3.84. The Kier molecular flexibility index (Phi) is 4.78. The normalized spacial score (nSPS) is 23.1. The van der Waals surface area contributed by atoms with Gasteiger partial charge in [0.1, 0.15) is 11.4 Å². The lowest BCUT2D eigenvalue weighted by molar-refractivity contribution is -0.132. The van der Waals surface area contributed by atoms with Crippen molar-refractivity contribution in [3.63, 3.8) is 0 Å². The Labute approximate surface area is 126 Å². The van der Waals surface area contributed by atoms with Gasteiger partial charge in [-0.25, -0.2) is 4.39 Å². The van der Waals surface area contributed by atoms with Crippen LogP contribution in [0.15, 0.2) is 22.7 Å². The summed E-state index contributed by atoms with van der Waals surface area (Å²) < 4.78 is 19.0. The fourth-order valence-electron chi connectivity index (χ4n) is 2.77. The topological polar surface area (TPSA) is 55.6 Å². The molecule has 1 aromatic carbocycles. The minimum Gasteiger partial charge on any atom is -0.382 e. The standard InChI is InChI=1S/C14H18BrFN2O2/c1-20-9-14(13(17)19)5-2-6-18(14)8-10-3-4-11(16)7-12(10)15/h3-4,7H,2,5-6,8-9H2,1H3,(H2,17,19). The van der Waals surface area contributed by atoms with Crippen LogP contribution in [-0.4, -0.2) is 36.6 Å². The van der Waals surface area contributed by atoms with E-state index in [0.29, 0.717) is 17.4 Å². The van der Waals surface area contributed by atoms with Gasteiger partial charge in [-0.05, 0) is 37.1 Å². The van der Waals surface area contributed by atoms with Crippen molar-refractivity contribution < 1.29 is 13.9 Å². The summed E-state index contributed by atoms with van der Waals surface area (Å²) in [4.78, 5) is 13.9. The van der Waals surface area contributed by atoms with Gasteiger partial charge < -0.3 is 10.5 Å². The van der Waals surface area contributed by atoms with E-state index in [1.807, 2.05) is 4.90 Å². The summed E-state index contributed by atoms with van der Waals surface area (Å²) in [5, 5.41) is 0. The number of carbonyl (C=O) groups is 1. The smallest absolute Gasteiger partial charge is 0.240 e. The number of benzene rings is 1. The number of rotatable bonds is 5. The van der Waals surface area contributed by atoms with E-state index in [9.17, 15) is 9.18 Å². The number of likely N-dealkylation sites (tertiary alicyclic amines) is 1. The minimum atomic E-state index is -0.761. The van der Waals surface area contributed by atoms with Gasteiger partial charge >= 0.3 is 0 Å². The van der Waals surface area contributed by atoms with Crippen molar-refractivity contribution in [2.24, 2.45) is 5.73 Å². The molecule has 1 heterocycles. The number of ether oxygens (including phenoxy) is 1. The Balaban J connectivity index is 2.24. The third-order valence-corrected chi connectivity index (χ3v) is 4.58. The predicted octanol–water partition coefficient (Wildman–Crippen LogP) is 2.05. The molecule has 1 aliphatic rings. The molecule has 6 heteroatoms. The van der Waals surface area contributed by atoms with Gasteiger partial charge in [0.05, 0.1) is 6.61 Å². The first-order valence-electron chi connectivity index (χ1n) is 6.47. The minimum absolute atomic E-state index is 0.279. The molecule has 2 N–H and O–H groups in total. The van der Waals surface area contributed by atoms with Crippen molar-refractivity contribution in [2.45, 2.75) is 24.9 Å². The zero-order valence-electron chi connectivity index (χ0n) is 11.4. The molecule has 0 bridgehead atoms. The van der Waals surface area contributed by atoms with Crippen molar-refractivity contribution in [3.8, 4) is 0 Å². The van der Waals surface area contributed by atoms with Gasteiger partial charge in [0.15, 0.2) is 0 Å². The maximum absolute atomic E-state index is 13.1. The van der Waals surface area contributed by atoms with Crippen LogP contribution < -0.4 is 5.73 Å². The lowest BCUT2D eigenvalue weighted by atomic mass is 9.96. The van der Waals surface area contributed by atoms with Gasteiger partial charge in [-0.15, -0.1) is 0 Å². The van der Waals surface area contributed by atoms with Gasteiger partial charge in [0.25, 0.3) is 0 Å². The quantitative estimate of drug-likeness (QED) is 0.889. The molecule has 0 radical (unpaired) electrons. The molecule has 2 rings (SSSR count). The Morgan fingerprint density at radius 3 is 2.95 bits per heavy atom. The average Bonchev–Trinajstić information content (AvgIpc) is 2.77. The first-order valence-corrected chi connectivity index (χ1v) is 7.27. The number of hydrogen-bond acceptors (Lipinski definition) is 3. The van der Waals surface area contributed by atoms with Crippen LogP contribution in [0.1, 0.15) is 18.4 Å². The number of hydrogen-bond donors (Lipinski definition) is 1. The highest BCUT2D eigenvalue weighted by atomic mass is 79.9. The number of methoxy groups -OCH3 is 1. The average molecular weight is 345 g/mol. The highest BCUT2D eigenvalue weighted by Crippen LogP contribution is 2.32. The monoisotopic (exact) mass is 344 g/mol. The fraction of sp³-hybridized carbons (Fsp3) is 0.500. The second-order valence-corrected chi connectivity index (χ2v) is 5.94. The molecule has 1 aliphatic heterocycles. The van der Waals surface area contributed by atoms with Crippen molar-refractivity contribution in [2.75, 3.05) is 20.3 Å². The Hall–Kier alpha value is -0.980. The predicted molar refractivity (Wildman–Crippen MR) is 77.5 cm³/mol. The maximum Gasteiger partial charge on any atom is 0.240 e. The van der Waals surface area contributed by atoms with E-state index < -0.39 is 5.54 Å². The molecule has 1 fully saturated rings. The van der Waals surface area contributed by atoms with Crippen LogP contribution in [-0.2, 0) is 16.1 Å². The van der Waals surface area contributed by atoms with Crippen molar-refractivity contribution >= 4 is 21.8 Å². The van der Waals surface area contributed by atoms with Gasteiger partial charge in [-0.1, -0.05) is 22.0 Å². The number of amides is 1. The molecule has 110 valence electrons. The SMILES string of the molecule is COCC1(C(N)=O)CCCN1Cc1ccc(F)cc1Br. The lowest BCUT2D eigenvalue weighted by Crippen LogP contribution is -2.56. The fourth-order valence-corrected chi connectivity index (χ4v) is 3.25. The molecule has 0 saturated carbocycles. The summed E-state index contributed by atoms with van der Waals surface area (Å²) in [5.41, 5.74) is 5.76. The molecule has 1 saturated heterocycles. The number of nitrogens with two attached hydrogens (primary N) is 1. The summed E-state index contributed by atoms with van der Waals surface area (Å²) in [7, 11) is 1.56. The number of carbonyl (C=O) groups excluding carboxylic acids is 1. The summed E-state index contributed by atoms with van der Waals surface area (Å²) >= 11 is 3.35. The number of nitrogens with zero attached hydrogens (tertiary/aromatic N) is 1. The van der Waals surface area contributed by atoms with Gasteiger partial charge in [-0.2, -0.15) is 0 Å². The van der Waals surface area contributed by atoms with Gasteiger partial charge in [0, 0.05) is 18.1 Å². The lowest BCUT2D eigenvalue weighted by Gasteiger charge is -2.35. The van der Waals surface area contributed by atoms with Crippen molar-refractivity contribution in [3.05, 3.63) is 34.1 Å². The second kappa shape index (κ2) is 6.20. The molecule has 1 unspecified atom stereocenters. The Morgan fingerprint density at radius 2 is 2.35 bits per heavy atom. The van der Waals surface area contributed by atoms with E-state index in [-0.39, 0.29) is 18.3 Å². The second-order valence-electron chi connectivity index (χ2n) is 5.09. The first kappa shape index (κ1) is 15.4. The molecule has 20 heavy (non-hydrogen) atoms. The molecule has 0 aliphatic carbocycles. The van der Waals surface area contributed by atoms with Crippen LogP contribution in [0, 0.1) is 5.82 Å². The van der Waals surface area contributed by atoms with Gasteiger partial charge in [0.2, 0.25) is 5.91 Å². The van der Waals surface area contributed by atoms with Crippen LogP contribution >= 0.6 is 15.9 Å². The Morgan fingerprint density at radius 1 is 1.60 bits per heavy atom. The van der Waals surface area contributed by atoms with Crippen molar-refractivity contribution in [1.29, 1.82) is 0 Å². The molecule has 4 nitrogen and oxygen atoms in total. The maximum atomic E-state index is 13.1. The van der Waals surface area contributed by atoms with Crippen molar-refractivity contribution in [1.82, 2.24) is 4.90 Å². The van der Waals surface area contributed by atoms with E-state index in [1.54, 1.807) is 13.2 Å². The molecule has 0 spiro atoms. The third kappa shape index (κ3) is 2.87. The van der Waals surface area contributed by atoms with Crippen LogP contribution in [0.4, 0.5) is 4.39 Å². The molecule has 1 atom stereocenters. The summed E-state index contributed by atoms with van der Waals surface area (Å²) in [6, 6.07) is 4.56. The molecule has 1 aromatic rings. The first-order chi connectivity index (χ1) is 9.49. The van der Waals surface area contributed by atoms with Crippen LogP contribution in [0.2, 0.25) is 0 Å². The molecular weight excluding hydrogens is 327 g/mol. The molecule has 1 amide bonds. The molecular formula is C14H18BrFN2O2. The van der Waals surface area contributed by atoms with E-state index in [2.05, 4.69) is 15.9 Å². The van der Waals surface area contributed by atoms with E-state index in [0.717, 1.165) is 18.5 Å². The van der Waals surface area contributed by atoms with E-state index >= 15 is 0 Å². The summed E-state index contributed by atoms with van der Waals surface area (Å²) in [6.07, 6.45) is 1.58. The number of primary amides is 1. The highest BCUT2D eigenvalue weighted by molar-refractivity contribution is 9.10.